The van der Waals surface area contributed by atoms with E-state index in [2.05, 4.69) is 51.3 Å². The van der Waals surface area contributed by atoms with Crippen molar-refractivity contribution in [3.05, 3.63) is 101 Å². The number of halogens is 1. The van der Waals surface area contributed by atoms with Gasteiger partial charge in [0.25, 0.3) is 0 Å². The molecule has 0 saturated carbocycles. The van der Waals surface area contributed by atoms with E-state index in [9.17, 15) is 4.39 Å². The van der Waals surface area contributed by atoms with Crippen molar-refractivity contribution in [1.29, 1.82) is 0 Å². The summed E-state index contributed by atoms with van der Waals surface area (Å²) in [6.07, 6.45) is 6.47. The first kappa shape index (κ1) is 27.1. The number of nitrogens with zero attached hydrogens (tertiary/aromatic N) is 2. The van der Waals surface area contributed by atoms with Crippen molar-refractivity contribution >= 4 is 22.3 Å². The second-order valence-corrected chi connectivity index (χ2v) is 9.73. The number of benzene rings is 2. The maximum absolute atomic E-state index is 13.6. The molecule has 7 nitrogen and oxygen atoms in total. The Kier molecular flexibility index (Phi) is 8.26. The van der Waals surface area contributed by atoms with Gasteiger partial charge in [0, 0.05) is 58.3 Å². The van der Waals surface area contributed by atoms with Crippen molar-refractivity contribution in [2.75, 3.05) is 32.1 Å². The second-order valence-electron chi connectivity index (χ2n) is 9.73. The van der Waals surface area contributed by atoms with Gasteiger partial charge in [-0.25, -0.2) is 9.37 Å². The summed E-state index contributed by atoms with van der Waals surface area (Å²) < 4.78 is 19.6. The monoisotopic (exact) mass is 538 g/mol. The molecular weight excluding hydrogens is 503 g/mol. The lowest BCUT2D eigenvalue weighted by molar-refractivity contribution is 0.318. The Labute approximate surface area is 234 Å². The van der Waals surface area contributed by atoms with E-state index >= 15 is 0 Å². The number of allylic oxidation sites excluding steroid dienone is 2. The summed E-state index contributed by atoms with van der Waals surface area (Å²) in [7, 11) is 1.93. The Morgan fingerprint density at radius 3 is 2.70 bits per heavy atom. The van der Waals surface area contributed by atoms with Gasteiger partial charge >= 0.3 is 0 Å². The molecule has 1 atom stereocenters. The van der Waals surface area contributed by atoms with Crippen LogP contribution in [0.15, 0.2) is 78.6 Å². The molecule has 0 radical (unpaired) electrons. The van der Waals surface area contributed by atoms with Crippen molar-refractivity contribution in [3.63, 3.8) is 0 Å². The van der Waals surface area contributed by atoms with Crippen LogP contribution in [-0.4, -0.2) is 36.7 Å². The first-order chi connectivity index (χ1) is 19.5. The Morgan fingerprint density at radius 1 is 1.12 bits per heavy atom. The fraction of sp³-hybridized carbons (Fsp3) is 0.250. The van der Waals surface area contributed by atoms with Gasteiger partial charge in [-0.15, -0.1) is 0 Å². The molecule has 1 aliphatic rings. The number of fused-ring (bicyclic) bond motifs is 2. The van der Waals surface area contributed by atoms with Crippen LogP contribution in [-0.2, 0) is 6.42 Å². The lowest BCUT2D eigenvalue weighted by atomic mass is 10.0. The van der Waals surface area contributed by atoms with Gasteiger partial charge in [-0.05, 0) is 69.4 Å². The summed E-state index contributed by atoms with van der Waals surface area (Å²) in [5, 5.41) is 11.4. The Morgan fingerprint density at radius 2 is 1.95 bits per heavy atom. The van der Waals surface area contributed by atoms with Gasteiger partial charge in [0.2, 0.25) is 0 Å². The third-order valence-corrected chi connectivity index (χ3v) is 7.15. The molecule has 1 unspecified atom stereocenters. The van der Waals surface area contributed by atoms with Crippen LogP contribution in [0.25, 0.3) is 27.9 Å². The van der Waals surface area contributed by atoms with Crippen LogP contribution in [0.1, 0.15) is 36.7 Å². The highest BCUT2D eigenvalue weighted by Crippen LogP contribution is 2.40. The van der Waals surface area contributed by atoms with Gasteiger partial charge < -0.3 is 26.4 Å². The number of anilines is 1. The zero-order valence-corrected chi connectivity index (χ0v) is 23.1. The molecular formula is C32H35FN6O. The number of rotatable bonds is 10. The molecule has 5 rings (SSSR count). The quantitative estimate of drug-likeness (QED) is 0.210. The van der Waals surface area contributed by atoms with Gasteiger partial charge in [-0.2, -0.15) is 0 Å². The van der Waals surface area contributed by atoms with E-state index in [1.54, 1.807) is 18.3 Å². The minimum absolute atomic E-state index is 0.0868. The van der Waals surface area contributed by atoms with Gasteiger partial charge in [-0.1, -0.05) is 18.2 Å². The van der Waals surface area contributed by atoms with E-state index in [1.807, 2.05) is 33.0 Å². The highest BCUT2D eigenvalue weighted by atomic mass is 19.1. The fourth-order valence-electron chi connectivity index (χ4n) is 4.92. The number of hydrogen-bond acceptors (Lipinski definition) is 7. The molecule has 0 bridgehead atoms. The van der Waals surface area contributed by atoms with Gasteiger partial charge in [0.15, 0.2) is 5.75 Å². The van der Waals surface area contributed by atoms with E-state index in [1.165, 1.54) is 12.1 Å². The molecule has 4 aromatic rings. The van der Waals surface area contributed by atoms with Crippen molar-refractivity contribution in [2.45, 2.75) is 26.3 Å². The van der Waals surface area contributed by atoms with E-state index in [0.29, 0.717) is 26.1 Å². The van der Waals surface area contributed by atoms with E-state index in [0.717, 1.165) is 61.8 Å². The average Bonchev–Trinajstić information content (AvgIpc) is 3.41. The molecule has 0 amide bonds. The third-order valence-electron chi connectivity index (χ3n) is 7.15. The molecule has 8 heteroatoms. The van der Waals surface area contributed by atoms with E-state index in [4.69, 9.17) is 15.5 Å². The summed E-state index contributed by atoms with van der Waals surface area (Å²) in [5.74, 6) is 0.488. The third kappa shape index (κ3) is 5.77. The van der Waals surface area contributed by atoms with Crippen LogP contribution in [0.4, 0.5) is 10.1 Å². The topological polar surface area (TPSA) is 97.1 Å². The number of pyridine rings is 2. The summed E-state index contributed by atoms with van der Waals surface area (Å²) in [4.78, 5) is 9.53. The van der Waals surface area contributed by atoms with Gasteiger partial charge in [0.05, 0.1) is 23.8 Å². The molecule has 5 N–H and O–H groups in total. The smallest absolute Gasteiger partial charge is 0.150 e. The first-order valence-corrected chi connectivity index (χ1v) is 13.5. The molecule has 2 aromatic heterocycles. The average molecular weight is 539 g/mol. The van der Waals surface area contributed by atoms with Crippen LogP contribution < -0.4 is 26.4 Å². The van der Waals surface area contributed by atoms with Crippen LogP contribution in [0.3, 0.4) is 0 Å². The number of hydrogen-bond donors (Lipinski definition) is 4. The van der Waals surface area contributed by atoms with Gasteiger partial charge in [-0.3, -0.25) is 4.98 Å². The van der Waals surface area contributed by atoms with Crippen LogP contribution in [0.2, 0.25) is 0 Å². The lowest BCUT2D eigenvalue weighted by Gasteiger charge is -2.16. The minimum atomic E-state index is -0.276. The number of ether oxygens (including phenoxy) is 1. The molecule has 0 spiro atoms. The molecule has 40 heavy (non-hydrogen) atoms. The fourth-order valence-corrected chi connectivity index (χ4v) is 4.92. The molecule has 3 heterocycles. The number of nitrogens with one attached hydrogen (secondary N) is 3. The minimum Gasteiger partial charge on any atom is -0.489 e. The van der Waals surface area contributed by atoms with E-state index < -0.39 is 0 Å². The summed E-state index contributed by atoms with van der Waals surface area (Å²) >= 11 is 0. The Bertz CT molecular complexity index is 1560. The number of aromatic nitrogens is 2. The standard InChI is InChI=1S/C32H35FN6O/c1-4-24(34)18-38-28-16-22(15-21-7-6-13-37-30(21)28)27(5-2)36-14-12-25-17-26-29(35-3)19-40-32(26)31(39-25)20-8-10-23(33)11-9-20/h4-11,13,15-17,29,35-36,38H,12,14,18-19,34H2,1-3H3. The second kappa shape index (κ2) is 12.2. The maximum Gasteiger partial charge on any atom is 0.150 e. The van der Waals surface area contributed by atoms with Gasteiger partial charge in [0.1, 0.15) is 18.1 Å². The molecule has 2 aromatic carbocycles. The number of likely N-dealkylation sites (N-methyl/N-ethyl adjacent to an activating group) is 1. The molecule has 1 aliphatic heterocycles. The van der Waals surface area contributed by atoms with E-state index in [-0.39, 0.29) is 11.9 Å². The summed E-state index contributed by atoms with van der Waals surface area (Å²) in [5.41, 5.74) is 14.3. The summed E-state index contributed by atoms with van der Waals surface area (Å²) in [6, 6.07) is 16.9. The predicted octanol–water partition coefficient (Wildman–Crippen LogP) is 5.56. The van der Waals surface area contributed by atoms with Crippen molar-refractivity contribution < 1.29 is 9.13 Å². The molecule has 206 valence electrons. The lowest BCUT2D eigenvalue weighted by Crippen LogP contribution is -2.18. The Hall–Kier alpha value is -4.43. The van der Waals surface area contributed by atoms with Crippen molar-refractivity contribution in [1.82, 2.24) is 20.6 Å². The Balaban J connectivity index is 1.38. The van der Waals surface area contributed by atoms with Crippen LogP contribution in [0.5, 0.6) is 5.75 Å². The number of nitrogens with two attached hydrogens (primary N) is 1. The predicted molar refractivity (Wildman–Crippen MR) is 160 cm³/mol. The maximum atomic E-state index is 13.6. The van der Waals surface area contributed by atoms with Crippen molar-refractivity contribution in [2.24, 2.45) is 5.73 Å². The first-order valence-electron chi connectivity index (χ1n) is 13.5. The SMILES string of the molecule is CC=C(N)CNc1cc(C(=CC)NCCc2cc3c(c(-c4ccc(F)cc4)n2)OCC3NC)cc2cccnc12. The van der Waals surface area contributed by atoms with Crippen LogP contribution in [0, 0.1) is 5.82 Å². The molecule has 0 aliphatic carbocycles. The highest BCUT2D eigenvalue weighted by Gasteiger charge is 2.28. The van der Waals surface area contributed by atoms with Crippen molar-refractivity contribution in [3.8, 4) is 17.0 Å². The zero-order valence-electron chi connectivity index (χ0n) is 23.1. The highest BCUT2D eigenvalue weighted by molar-refractivity contribution is 5.93. The van der Waals surface area contributed by atoms with Crippen LogP contribution >= 0.6 is 0 Å². The summed E-state index contributed by atoms with van der Waals surface area (Å²) in [6.45, 7) is 5.71. The molecule has 0 saturated heterocycles. The largest absolute Gasteiger partial charge is 0.489 e. The zero-order chi connectivity index (χ0) is 28.1. The normalized spacial score (nSPS) is 15.2. The molecule has 0 fully saturated rings.